The highest BCUT2D eigenvalue weighted by Crippen LogP contribution is 2.69. The van der Waals surface area contributed by atoms with Gasteiger partial charge in [-0.15, -0.1) is 0 Å². The third kappa shape index (κ3) is 1.07. The van der Waals surface area contributed by atoms with Crippen LogP contribution in [0.25, 0.3) is 0 Å². The van der Waals surface area contributed by atoms with Gasteiger partial charge in [0.05, 0.1) is 5.54 Å². The quantitative estimate of drug-likeness (QED) is 0.734. The zero-order valence-corrected chi connectivity index (χ0v) is 12.9. The minimum absolute atomic E-state index is 0.0949. The van der Waals surface area contributed by atoms with Gasteiger partial charge in [-0.25, -0.2) is 0 Å². The molecule has 1 spiro atoms. The van der Waals surface area contributed by atoms with Crippen LogP contribution in [0.1, 0.15) is 50.0 Å². The molecule has 1 aliphatic carbocycles. The van der Waals surface area contributed by atoms with E-state index in [1.807, 2.05) is 0 Å². The van der Waals surface area contributed by atoms with Crippen LogP contribution in [0.5, 0.6) is 0 Å². The standard InChI is InChI=1S/C19H22N2O/c22-16-12-18-7-3-10-20-11-6-14-13-4-1-2-5-15(13)21(16)19(14,9-8-18)17(18)20/h1-2,4-5,14,17H,3,6-12H2/t14-,17-,18?,19+/m1/s1. The Morgan fingerprint density at radius 1 is 1.09 bits per heavy atom. The summed E-state index contributed by atoms with van der Waals surface area (Å²) in [7, 11) is 0. The van der Waals surface area contributed by atoms with E-state index in [9.17, 15) is 4.79 Å². The molecular formula is C19H22N2O. The molecule has 4 atom stereocenters. The first-order valence-electron chi connectivity index (χ1n) is 8.92. The van der Waals surface area contributed by atoms with Crippen LogP contribution < -0.4 is 4.90 Å². The Hall–Kier alpha value is -1.35. The van der Waals surface area contributed by atoms with E-state index in [4.69, 9.17) is 0 Å². The highest BCUT2D eigenvalue weighted by Gasteiger charge is 2.73. The highest BCUT2D eigenvalue weighted by molar-refractivity contribution is 6.00. The lowest BCUT2D eigenvalue weighted by molar-refractivity contribution is -0.132. The van der Waals surface area contributed by atoms with Crippen molar-refractivity contribution in [3.8, 4) is 0 Å². The molecule has 3 saturated heterocycles. The van der Waals surface area contributed by atoms with Gasteiger partial charge in [0.25, 0.3) is 0 Å². The molecule has 1 aromatic carbocycles. The summed E-state index contributed by atoms with van der Waals surface area (Å²) in [6.07, 6.45) is 7.07. The second kappa shape index (κ2) is 3.59. The molecule has 1 aromatic rings. The summed E-state index contributed by atoms with van der Waals surface area (Å²) < 4.78 is 0. The van der Waals surface area contributed by atoms with Crippen LogP contribution in [0.2, 0.25) is 0 Å². The molecule has 0 N–H and O–H groups in total. The van der Waals surface area contributed by atoms with E-state index in [0.717, 1.165) is 6.42 Å². The first-order chi connectivity index (χ1) is 10.8. The molecule has 4 fully saturated rings. The Morgan fingerprint density at radius 2 is 2.00 bits per heavy atom. The number of rotatable bonds is 0. The van der Waals surface area contributed by atoms with E-state index in [0.29, 0.717) is 23.3 Å². The van der Waals surface area contributed by atoms with Crippen molar-refractivity contribution in [1.29, 1.82) is 0 Å². The number of carbonyl (C=O) groups excluding carboxylic acids is 1. The summed E-state index contributed by atoms with van der Waals surface area (Å²) in [4.78, 5) is 18.2. The number of carbonyl (C=O) groups is 1. The topological polar surface area (TPSA) is 23.6 Å². The fourth-order valence-electron chi connectivity index (χ4n) is 7.18. The third-order valence-electron chi connectivity index (χ3n) is 7.59. The Kier molecular flexibility index (Phi) is 1.98. The van der Waals surface area contributed by atoms with Crippen LogP contribution in [0.15, 0.2) is 24.3 Å². The zero-order valence-electron chi connectivity index (χ0n) is 12.9. The minimum atomic E-state index is 0.0949. The first kappa shape index (κ1) is 12.1. The molecule has 1 unspecified atom stereocenters. The maximum absolute atomic E-state index is 13.1. The molecule has 3 heteroatoms. The smallest absolute Gasteiger partial charge is 0.228 e. The predicted molar refractivity (Wildman–Crippen MR) is 84.9 cm³/mol. The number of nitrogens with zero attached hydrogens (tertiary/aromatic N) is 2. The molecule has 0 radical (unpaired) electrons. The molecule has 3 nitrogen and oxygen atoms in total. The van der Waals surface area contributed by atoms with Crippen molar-refractivity contribution in [3.63, 3.8) is 0 Å². The summed E-state index contributed by atoms with van der Waals surface area (Å²) in [5.41, 5.74) is 3.09. The molecule has 1 saturated carbocycles. The maximum Gasteiger partial charge on any atom is 0.228 e. The summed E-state index contributed by atoms with van der Waals surface area (Å²) in [5.74, 6) is 0.988. The van der Waals surface area contributed by atoms with E-state index in [1.165, 1.54) is 56.4 Å². The molecule has 0 aromatic heterocycles. The van der Waals surface area contributed by atoms with Gasteiger partial charge in [0, 0.05) is 24.1 Å². The first-order valence-corrected chi connectivity index (χ1v) is 8.92. The van der Waals surface area contributed by atoms with E-state index in [1.54, 1.807) is 0 Å². The van der Waals surface area contributed by atoms with Gasteiger partial charge < -0.3 is 4.90 Å². The molecule has 114 valence electrons. The van der Waals surface area contributed by atoms with Gasteiger partial charge in [0.2, 0.25) is 5.91 Å². The van der Waals surface area contributed by atoms with Crippen molar-refractivity contribution >= 4 is 11.6 Å². The molecular weight excluding hydrogens is 272 g/mol. The van der Waals surface area contributed by atoms with Crippen LogP contribution in [0.4, 0.5) is 5.69 Å². The maximum atomic E-state index is 13.1. The minimum Gasteiger partial charge on any atom is -0.304 e. The van der Waals surface area contributed by atoms with Gasteiger partial charge in [-0.05, 0) is 62.2 Å². The van der Waals surface area contributed by atoms with Gasteiger partial charge in [0.15, 0.2) is 0 Å². The molecule has 1 amide bonds. The van der Waals surface area contributed by atoms with Crippen LogP contribution in [-0.2, 0) is 4.79 Å². The average molecular weight is 294 g/mol. The fraction of sp³-hybridized carbons (Fsp3) is 0.632. The average Bonchev–Trinajstić information content (AvgIpc) is 2.98. The lowest BCUT2D eigenvalue weighted by atomic mass is 9.61. The second-order valence-electron chi connectivity index (χ2n) is 8.20. The Labute approximate surface area is 131 Å². The summed E-state index contributed by atoms with van der Waals surface area (Å²) in [5, 5.41) is 0. The second-order valence-corrected chi connectivity index (χ2v) is 8.20. The van der Waals surface area contributed by atoms with Gasteiger partial charge in [-0.1, -0.05) is 18.2 Å². The van der Waals surface area contributed by atoms with Gasteiger partial charge in [-0.3, -0.25) is 9.69 Å². The van der Waals surface area contributed by atoms with Crippen LogP contribution >= 0.6 is 0 Å². The molecule has 4 aliphatic heterocycles. The Balaban J connectivity index is 1.65. The number of piperidine rings is 3. The van der Waals surface area contributed by atoms with E-state index >= 15 is 0 Å². The van der Waals surface area contributed by atoms with E-state index < -0.39 is 0 Å². The molecule has 6 rings (SSSR count). The summed E-state index contributed by atoms with van der Waals surface area (Å²) in [6, 6.07) is 9.37. The number of benzene rings is 1. The number of para-hydroxylation sites is 1. The largest absolute Gasteiger partial charge is 0.304 e. The molecule has 22 heavy (non-hydrogen) atoms. The van der Waals surface area contributed by atoms with Crippen LogP contribution in [0, 0.1) is 5.41 Å². The van der Waals surface area contributed by atoms with E-state index in [2.05, 4.69) is 34.1 Å². The Bertz CT molecular complexity index is 700. The molecule has 4 heterocycles. The monoisotopic (exact) mass is 294 g/mol. The summed E-state index contributed by atoms with van der Waals surface area (Å²) >= 11 is 0. The zero-order chi connectivity index (χ0) is 14.5. The summed E-state index contributed by atoms with van der Waals surface area (Å²) in [6.45, 7) is 2.48. The number of hydrogen-bond acceptors (Lipinski definition) is 2. The van der Waals surface area contributed by atoms with Crippen molar-refractivity contribution < 1.29 is 4.79 Å². The van der Waals surface area contributed by atoms with Gasteiger partial charge in [0.1, 0.15) is 0 Å². The molecule has 5 aliphatic rings. The number of anilines is 1. The van der Waals surface area contributed by atoms with Gasteiger partial charge in [-0.2, -0.15) is 0 Å². The normalized spacial score (nSPS) is 44.9. The van der Waals surface area contributed by atoms with Crippen molar-refractivity contribution in [2.75, 3.05) is 18.0 Å². The van der Waals surface area contributed by atoms with Crippen molar-refractivity contribution in [2.24, 2.45) is 5.41 Å². The SMILES string of the molecule is O=C1CC23CCCN4CC[C@@H]5c6ccccc6N1[C@]5(CC2)[C@H]43. The fourth-order valence-corrected chi connectivity index (χ4v) is 7.18. The van der Waals surface area contributed by atoms with Crippen molar-refractivity contribution in [3.05, 3.63) is 29.8 Å². The van der Waals surface area contributed by atoms with E-state index in [-0.39, 0.29) is 5.54 Å². The third-order valence-corrected chi connectivity index (χ3v) is 7.59. The Morgan fingerprint density at radius 3 is 2.95 bits per heavy atom. The van der Waals surface area contributed by atoms with Crippen molar-refractivity contribution in [1.82, 2.24) is 4.90 Å². The lowest BCUT2D eigenvalue weighted by Gasteiger charge is -2.61. The highest BCUT2D eigenvalue weighted by atomic mass is 16.2. The molecule has 2 bridgehead atoms. The van der Waals surface area contributed by atoms with Crippen LogP contribution in [0.3, 0.4) is 0 Å². The van der Waals surface area contributed by atoms with Gasteiger partial charge >= 0.3 is 0 Å². The van der Waals surface area contributed by atoms with Crippen LogP contribution in [-0.4, -0.2) is 35.5 Å². The number of amides is 1. The van der Waals surface area contributed by atoms with Crippen molar-refractivity contribution in [2.45, 2.75) is 56.0 Å². The number of hydrogen-bond donors (Lipinski definition) is 0. The predicted octanol–water partition coefficient (Wildman–Crippen LogP) is 2.91. The lowest BCUT2D eigenvalue weighted by Crippen LogP contribution is -2.73. The number of fused-ring (bicyclic) bond motifs is 3.